The first-order valence-corrected chi connectivity index (χ1v) is 10.7. The molecule has 3 aromatic rings. The van der Waals surface area contributed by atoms with E-state index in [0.717, 1.165) is 29.8 Å². The summed E-state index contributed by atoms with van der Waals surface area (Å²) in [5.41, 5.74) is 1.99. The number of carbonyl (C=O) groups is 1. The molecule has 0 atom stereocenters. The van der Waals surface area contributed by atoms with Gasteiger partial charge in [0.25, 0.3) is 5.56 Å². The number of aromatic nitrogens is 2. The molecule has 0 spiro atoms. The van der Waals surface area contributed by atoms with Gasteiger partial charge in [0.1, 0.15) is 5.82 Å². The number of fused-ring (bicyclic) bond motifs is 1. The minimum absolute atomic E-state index is 0.0739. The molecular formula is C24H23F3N4O2. The van der Waals surface area contributed by atoms with Crippen molar-refractivity contribution in [2.75, 3.05) is 11.9 Å². The number of benzene rings is 2. The normalized spacial score (nSPS) is 13.5. The summed E-state index contributed by atoms with van der Waals surface area (Å²) in [5.74, 6) is 0.299. The Balaban J connectivity index is 1.50. The van der Waals surface area contributed by atoms with E-state index in [1.165, 1.54) is 6.07 Å². The lowest BCUT2D eigenvalue weighted by molar-refractivity contribution is -0.137. The van der Waals surface area contributed by atoms with Crippen LogP contribution in [-0.2, 0) is 32.0 Å². The SMILES string of the molecule is CCc1ccccc1NC(=O)N1CCc2nc(Cc3cccc(C(F)(F)F)c3)[nH]c(=O)c2C1. The smallest absolute Gasteiger partial charge is 0.320 e. The number of halogens is 3. The van der Waals surface area contributed by atoms with Crippen LogP contribution in [0.1, 0.15) is 40.7 Å². The molecule has 1 aliphatic rings. The van der Waals surface area contributed by atoms with E-state index in [4.69, 9.17) is 0 Å². The number of urea groups is 1. The van der Waals surface area contributed by atoms with Crippen molar-refractivity contribution >= 4 is 11.7 Å². The zero-order valence-electron chi connectivity index (χ0n) is 18.0. The number of aryl methyl sites for hydroxylation is 1. The van der Waals surface area contributed by atoms with Gasteiger partial charge in [-0.05, 0) is 29.7 Å². The molecule has 2 amide bonds. The second kappa shape index (κ2) is 9.09. The van der Waals surface area contributed by atoms with Crippen LogP contribution in [-0.4, -0.2) is 27.4 Å². The molecule has 0 saturated heterocycles. The van der Waals surface area contributed by atoms with Crippen LogP contribution >= 0.6 is 0 Å². The van der Waals surface area contributed by atoms with E-state index in [9.17, 15) is 22.8 Å². The van der Waals surface area contributed by atoms with Crippen LogP contribution in [0.3, 0.4) is 0 Å². The molecule has 2 N–H and O–H groups in total. The fourth-order valence-electron chi connectivity index (χ4n) is 3.93. The highest BCUT2D eigenvalue weighted by Crippen LogP contribution is 2.30. The summed E-state index contributed by atoms with van der Waals surface area (Å²) in [5, 5.41) is 2.91. The van der Waals surface area contributed by atoms with Crippen molar-refractivity contribution < 1.29 is 18.0 Å². The number of nitrogens with zero attached hydrogens (tertiary/aromatic N) is 2. The second-order valence-corrected chi connectivity index (χ2v) is 7.93. The summed E-state index contributed by atoms with van der Waals surface area (Å²) < 4.78 is 38.9. The molecule has 9 heteroatoms. The van der Waals surface area contributed by atoms with Crippen LogP contribution in [0.15, 0.2) is 53.3 Å². The number of alkyl halides is 3. The quantitative estimate of drug-likeness (QED) is 0.606. The van der Waals surface area contributed by atoms with Gasteiger partial charge in [-0.25, -0.2) is 9.78 Å². The van der Waals surface area contributed by atoms with Gasteiger partial charge in [0.2, 0.25) is 0 Å². The Morgan fingerprint density at radius 3 is 2.73 bits per heavy atom. The van der Waals surface area contributed by atoms with Crippen LogP contribution in [0.4, 0.5) is 23.7 Å². The van der Waals surface area contributed by atoms with E-state index in [1.807, 2.05) is 31.2 Å². The molecule has 172 valence electrons. The van der Waals surface area contributed by atoms with Gasteiger partial charge in [-0.1, -0.05) is 43.3 Å². The number of hydrogen-bond donors (Lipinski definition) is 2. The number of anilines is 1. The third kappa shape index (κ3) is 5.08. The molecule has 33 heavy (non-hydrogen) atoms. The predicted octanol–water partition coefficient (Wildman–Crippen LogP) is 4.53. The average molecular weight is 456 g/mol. The number of hydrogen-bond acceptors (Lipinski definition) is 3. The van der Waals surface area contributed by atoms with E-state index in [1.54, 1.807) is 11.0 Å². The molecule has 0 bridgehead atoms. The lowest BCUT2D eigenvalue weighted by Crippen LogP contribution is -2.42. The molecule has 4 rings (SSSR count). The highest BCUT2D eigenvalue weighted by atomic mass is 19.4. The van der Waals surface area contributed by atoms with Gasteiger partial charge < -0.3 is 15.2 Å². The fourth-order valence-corrected chi connectivity index (χ4v) is 3.93. The van der Waals surface area contributed by atoms with Gasteiger partial charge in [-0.3, -0.25) is 4.79 Å². The van der Waals surface area contributed by atoms with Gasteiger partial charge in [0, 0.05) is 25.1 Å². The third-order valence-corrected chi connectivity index (χ3v) is 5.67. The van der Waals surface area contributed by atoms with Crippen molar-refractivity contribution in [3.8, 4) is 0 Å². The van der Waals surface area contributed by atoms with Gasteiger partial charge in [0.15, 0.2) is 0 Å². The van der Waals surface area contributed by atoms with E-state index in [-0.39, 0.29) is 24.6 Å². The molecule has 0 unspecified atom stereocenters. The molecule has 6 nitrogen and oxygen atoms in total. The standard InChI is InChI=1S/C24H23F3N4O2/c1-2-16-7-3-4-9-19(16)29-23(33)31-11-10-20-18(14-31)22(32)30-21(28-20)13-15-6-5-8-17(12-15)24(25,26)27/h3-9,12H,2,10-11,13-14H2,1H3,(H,29,33)(H,28,30,32). The first kappa shape index (κ1) is 22.6. The first-order valence-electron chi connectivity index (χ1n) is 10.7. The summed E-state index contributed by atoms with van der Waals surface area (Å²) in [4.78, 5) is 34.2. The summed E-state index contributed by atoms with van der Waals surface area (Å²) in [6.45, 7) is 2.50. The molecule has 0 fully saturated rings. The van der Waals surface area contributed by atoms with Crippen LogP contribution in [0.2, 0.25) is 0 Å². The highest BCUT2D eigenvalue weighted by molar-refractivity contribution is 5.90. The summed E-state index contributed by atoms with van der Waals surface area (Å²) in [6, 6.07) is 12.2. The second-order valence-electron chi connectivity index (χ2n) is 7.93. The van der Waals surface area contributed by atoms with Crippen LogP contribution in [0.5, 0.6) is 0 Å². The van der Waals surface area contributed by atoms with Crippen LogP contribution in [0.25, 0.3) is 0 Å². The number of amides is 2. The van der Waals surface area contributed by atoms with E-state index in [0.29, 0.717) is 35.6 Å². The Morgan fingerprint density at radius 2 is 1.97 bits per heavy atom. The Hall–Kier alpha value is -3.62. The predicted molar refractivity (Wildman–Crippen MR) is 118 cm³/mol. The maximum absolute atomic E-state index is 13.0. The maximum Gasteiger partial charge on any atom is 0.416 e. The molecule has 0 saturated carbocycles. The largest absolute Gasteiger partial charge is 0.416 e. The Kier molecular flexibility index (Phi) is 6.22. The van der Waals surface area contributed by atoms with Crippen LogP contribution < -0.4 is 10.9 Å². The van der Waals surface area contributed by atoms with E-state index in [2.05, 4.69) is 15.3 Å². The maximum atomic E-state index is 13.0. The summed E-state index contributed by atoms with van der Waals surface area (Å²) in [7, 11) is 0. The number of rotatable bonds is 4. The van der Waals surface area contributed by atoms with Crippen molar-refractivity contribution in [3.05, 3.63) is 92.7 Å². The summed E-state index contributed by atoms with van der Waals surface area (Å²) in [6.07, 6.45) is -3.20. The van der Waals surface area contributed by atoms with Gasteiger partial charge in [-0.2, -0.15) is 13.2 Å². The third-order valence-electron chi connectivity index (χ3n) is 5.67. The van der Waals surface area contributed by atoms with Gasteiger partial charge in [0.05, 0.1) is 23.4 Å². The zero-order valence-corrected chi connectivity index (χ0v) is 18.0. The highest BCUT2D eigenvalue weighted by Gasteiger charge is 2.30. The monoisotopic (exact) mass is 456 g/mol. The number of carbonyl (C=O) groups excluding carboxylic acids is 1. The topological polar surface area (TPSA) is 78.1 Å². The Labute approximate surface area is 188 Å². The Morgan fingerprint density at radius 1 is 1.18 bits per heavy atom. The van der Waals surface area contributed by atoms with Crippen molar-refractivity contribution in [3.63, 3.8) is 0 Å². The minimum atomic E-state index is -4.44. The van der Waals surface area contributed by atoms with Gasteiger partial charge in [-0.15, -0.1) is 0 Å². The van der Waals surface area contributed by atoms with Crippen LogP contribution in [0, 0.1) is 0 Å². The van der Waals surface area contributed by atoms with E-state index < -0.39 is 11.7 Å². The number of para-hydroxylation sites is 1. The molecule has 0 radical (unpaired) electrons. The lowest BCUT2D eigenvalue weighted by atomic mass is 10.1. The molecular weight excluding hydrogens is 433 g/mol. The van der Waals surface area contributed by atoms with Crippen molar-refractivity contribution in [2.24, 2.45) is 0 Å². The fraction of sp³-hybridized carbons (Fsp3) is 0.292. The molecule has 1 aliphatic heterocycles. The zero-order chi connectivity index (χ0) is 23.6. The lowest BCUT2D eigenvalue weighted by Gasteiger charge is -2.28. The van der Waals surface area contributed by atoms with Gasteiger partial charge >= 0.3 is 12.2 Å². The van der Waals surface area contributed by atoms with Crippen molar-refractivity contribution in [2.45, 2.75) is 38.9 Å². The Bertz CT molecular complexity index is 1240. The van der Waals surface area contributed by atoms with Crippen molar-refractivity contribution in [1.29, 1.82) is 0 Å². The average Bonchev–Trinajstić information content (AvgIpc) is 2.79. The molecule has 2 heterocycles. The van der Waals surface area contributed by atoms with E-state index >= 15 is 0 Å². The number of aromatic amines is 1. The number of nitrogens with one attached hydrogen (secondary N) is 2. The first-order chi connectivity index (χ1) is 15.7. The molecule has 0 aliphatic carbocycles. The molecule has 2 aromatic carbocycles. The molecule has 1 aromatic heterocycles. The minimum Gasteiger partial charge on any atom is -0.320 e. The van der Waals surface area contributed by atoms with Crippen molar-refractivity contribution in [1.82, 2.24) is 14.9 Å². The summed E-state index contributed by atoms with van der Waals surface area (Å²) >= 11 is 0. The number of H-pyrrole nitrogens is 1.